The SMILES string of the molecule is Cc1cncc(C(O)Cc2ccccc2C)c1. The van der Waals surface area contributed by atoms with Crippen molar-refractivity contribution in [3.63, 3.8) is 0 Å². The lowest BCUT2D eigenvalue weighted by Gasteiger charge is -2.12. The molecule has 2 heteroatoms. The summed E-state index contributed by atoms with van der Waals surface area (Å²) in [4.78, 5) is 4.11. The molecule has 1 aromatic carbocycles. The number of aliphatic hydroxyl groups is 1. The number of hydrogen-bond acceptors (Lipinski definition) is 2. The van der Waals surface area contributed by atoms with Gasteiger partial charge < -0.3 is 5.11 Å². The Hall–Kier alpha value is -1.67. The summed E-state index contributed by atoms with van der Waals surface area (Å²) in [6, 6.07) is 10.1. The maximum atomic E-state index is 10.2. The highest BCUT2D eigenvalue weighted by Crippen LogP contribution is 2.20. The van der Waals surface area contributed by atoms with Crippen LogP contribution in [-0.2, 0) is 6.42 Å². The maximum Gasteiger partial charge on any atom is 0.0845 e. The van der Waals surface area contributed by atoms with Gasteiger partial charge in [0, 0.05) is 18.8 Å². The molecule has 1 unspecified atom stereocenters. The molecule has 1 heterocycles. The van der Waals surface area contributed by atoms with Crippen molar-refractivity contribution in [2.75, 3.05) is 0 Å². The van der Waals surface area contributed by atoms with Crippen molar-refractivity contribution in [3.05, 3.63) is 65.0 Å². The zero-order chi connectivity index (χ0) is 12.3. The van der Waals surface area contributed by atoms with Crippen molar-refractivity contribution >= 4 is 0 Å². The first-order chi connectivity index (χ1) is 8.16. The van der Waals surface area contributed by atoms with Crippen LogP contribution in [-0.4, -0.2) is 10.1 Å². The third kappa shape index (κ3) is 2.92. The topological polar surface area (TPSA) is 33.1 Å². The molecule has 1 atom stereocenters. The fourth-order valence-corrected chi connectivity index (χ4v) is 1.93. The van der Waals surface area contributed by atoms with E-state index in [1.54, 1.807) is 12.4 Å². The lowest BCUT2D eigenvalue weighted by Crippen LogP contribution is -2.03. The summed E-state index contributed by atoms with van der Waals surface area (Å²) in [5.41, 5.74) is 4.35. The van der Waals surface area contributed by atoms with Crippen molar-refractivity contribution in [1.82, 2.24) is 4.98 Å². The van der Waals surface area contributed by atoms with Gasteiger partial charge in [-0.05, 0) is 36.1 Å². The van der Waals surface area contributed by atoms with Gasteiger partial charge >= 0.3 is 0 Å². The molecule has 88 valence electrons. The molecule has 17 heavy (non-hydrogen) atoms. The number of benzene rings is 1. The van der Waals surface area contributed by atoms with Crippen LogP contribution in [0.25, 0.3) is 0 Å². The Bertz CT molecular complexity index is 508. The van der Waals surface area contributed by atoms with E-state index in [-0.39, 0.29) is 0 Å². The van der Waals surface area contributed by atoms with Gasteiger partial charge in [-0.15, -0.1) is 0 Å². The monoisotopic (exact) mass is 227 g/mol. The number of rotatable bonds is 3. The third-order valence-electron chi connectivity index (χ3n) is 2.96. The molecule has 0 saturated carbocycles. The first-order valence-corrected chi connectivity index (χ1v) is 5.81. The Morgan fingerprint density at radius 2 is 1.94 bits per heavy atom. The van der Waals surface area contributed by atoms with Gasteiger partial charge in [0.25, 0.3) is 0 Å². The Morgan fingerprint density at radius 1 is 1.18 bits per heavy atom. The fourth-order valence-electron chi connectivity index (χ4n) is 1.93. The Morgan fingerprint density at radius 3 is 2.65 bits per heavy atom. The number of aromatic nitrogens is 1. The van der Waals surface area contributed by atoms with Gasteiger partial charge in [-0.2, -0.15) is 0 Å². The molecular formula is C15H17NO. The summed E-state index contributed by atoms with van der Waals surface area (Å²) in [5, 5.41) is 10.2. The number of aryl methyl sites for hydroxylation is 2. The molecular weight excluding hydrogens is 210 g/mol. The van der Waals surface area contributed by atoms with Gasteiger partial charge in [0.2, 0.25) is 0 Å². The van der Waals surface area contributed by atoms with Gasteiger partial charge in [0.15, 0.2) is 0 Å². The highest BCUT2D eigenvalue weighted by atomic mass is 16.3. The third-order valence-corrected chi connectivity index (χ3v) is 2.96. The van der Waals surface area contributed by atoms with E-state index in [4.69, 9.17) is 0 Å². The van der Waals surface area contributed by atoms with Crippen LogP contribution in [0.5, 0.6) is 0 Å². The van der Waals surface area contributed by atoms with E-state index in [0.29, 0.717) is 6.42 Å². The average molecular weight is 227 g/mol. The van der Waals surface area contributed by atoms with Crippen LogP contribution < -0.4 is 0 Å². The average Bonchev–Trinajstić information content (AvgIpc) is 2.32. The minimum atomic E-state index is -0.483. The predicted molar refractivity (Wildman–Crippen MR) is 68.8 cm³/mol. The van der Waals surface area contributed by atoms with Crippen LogP contribution >= 0.6 is 0 Å². The normalized spacial score (nSPS) is 12.4. The van der Waals surface area contributed by atoms with Crippen LogP contribution in [0.4, 0.5) is 0 Å². The second-order valence-corrected chi connectivity index (χ2v) is 4.44. The number of nitrogens with zero attached hydrogens (tertiary/aromatic N) is 1. The Kier molecular flexibility index (Phi) is 3.55. The first kappa shape index (κ1) is 11.8. The van der Waals surface area contributed by atoms with Crippen molar-refractivity contribution < 1.29 is 5.11 Å². The van der Waals surface area contributed by atoms with Gasteiger partial charge in [0.1, 0.15) is 0 Å². The van der Waals surface area contributed by atoms with Crippen LogP contribution in [0.2, 0.25) is 0 Å². The minimum absolute atomic E-state index is 0.483. The molecule has 0 spiro atoms. The summed E-state index contributed by atoms with van der Waals surface area (Å²) >= 11 is 0. The van der Waals surface area contributed by atoms with Gasteiger partial charge in [0.05, 0.1) is 6.10 Å². The van der Waals surface area contributed by atoms with E-state index in [2.05, 4.69) is 24.0 Å². The molecule has 0 bridgehead atoms. The summed E-state index contributed by atoms with van der Waals surface area (Å²) < 4.78 is 0. The predicted octanol–water partition coefficient (Wildman–Crippen LogP) is 2.97. The smallest absolute Gasteiger partial charge is 0.0845 e. The van der Waals surface area contributed by atoms with Crippen LogP contribution in [0, 0.1) is 13.8 Å². The van der Waals surface area contributed by atoms with Crippen molar-refractivity contribution in [3.8, 4) is 0 Å². The molecule has 2 rings (SSSR count). The van der Waals surface area contributed by atoms with Crippen molar-refractivity contribution in [2.24, 2.45) is 0 Å². The van der Waals surface area contributed by atoms with E-state index in [1.807, 2.05) is 25.1 Å². The second kappa shape index (κ2) is 5.11. The summed E-state index contributed by atoms with van der Waals surface area (Å²) in [7, 11) is 0. The van der Waals surface area contributed by atoms with Gasteiger partial charge in [-0.25, -0.2) is 0 Å². The largest absolute Gasteiger partial charge is 0.388 e. The number of hydrogen-bond donors (Lipinski definition) is 1. The molecule has 2 aromatic rings. The second-order valence-electron chi connectivity index (χ2n) is 4.44. The van der Waals surface area contributed by atoms with Crippen molar-refractivity contribution in [2.45, 2.75) is 26.4 Å². The molecule has 1 N–H and O–H groups in total. The molecule has 0 aliphatic rings. The lowest BCUT2D eigenvalue weighted by molar-refractivity contribution is 0.178. The molecule has 2 nitrogen and oxygen atoms in total. The van der Waals surface area contributed by atoms with E-state index in [1.165, 1.54) is 11.1 Å². The molecule has 1 aromatic heterocycles. The Balaban J connectivity index is 2.17. The summed E-state index contributed by atoms with van der Waals surface area (Å²) in [5.74, 6) is 0. The van der Waals surface area contributed by atoms with E-state index in [0.717, 1.165) is 11.1 Å². The summed E-state index contributed by atoms with van der Waals surface area (Å²) in [6.45, 7) is 4.05. The first-order valence-electron chi connectivity index (χ1n) is 5.81. The molecule has 0 radical (unpaired) electrons. The van der Waals surface area contributed by atoms with Crippen LogP contribution in [0.15, 0.2) is 42.7 Å². The number of pyridine rings is 1. The Labute approximate surface area is 102 Å². The zero-order valence-corrected chi connectivity index (χ0v) is 10.2. The molecule has 0 aliphatic carbocycles. The fraction of sp³-hybridized carbons (Fsp3) is 0.267. The molecule has 0 saturated heterocycles. The highest BCUT2D eigenvalue weighted by Gasteiger charge is 2.10. The van der Waals surface area contributed by atoms with E-state index < -0.39 is 6.10 Å². The molecule has 0 aliphatic heterocycles. The molecule has 0 amide bonds. The summed E-state index contributed by atoms with van der Waals surface area (Å²) in [6.07, 6.45) is 3.68. The van der Waals surface area contributed by atoms with Gasteiger partial charge in [-0.1, -0.05) is 30.3 Å². The zero-order valence-electron chi connectivity index (χ0n) is 10.2. The van der Waals surface area contributed by atoms with Crippen LogP contribution in [0.3, 0.4) is 0 Å². The quantitative estimate of drug-likeness (QED) is 0.874. The number of aliphatic hydroxyl groups excluding tert-OH is 1. The van der Waals surface area contributed by atoms with Crippen LogP contribution in [0.1, 0.15) is 28.4 Å². The highest BCUT2D eigenvalue weighted by molar-refractivity contribution is 5.28. The van der Waals surface area contributed by atoms with Crippen molar-refractivity contribution in [1.29, 1.82) is 0 Å². The van der Waals surface area contributed by atoms with Gasteiger partial charge in [-0.3, -0.25) is 4.98 Å². The van der Waals surface area contributed by atoms with E-state index in [9.17, 15) is 5.11 Å². The molecule has 0 fully saturated rings. The minimum Gasteiger partial charge on any atom is -0.388 e. The van der Waals surface area contributed by atoms with E-state index >= 15 is 0 Å². The standard InChI is InChI=1S/C15H17NO/c1-11-7-14(10-16-9-11)15(17)8-13-6-4-3-5-12(13)2/h3-7,9-10,15,17H,8H2,1-2H3. The lowest BCUT2D eigenvalue weighted by atomic mass is 9.99. The maximum absolute atomic E-state index is 10.2.